The minimum absolute atomic E-state index is 0.421. The summed E-state index contributed by atoms with van der Waals surface area (Å²) in [4.78, 5) is 0. The minimum atomic E-state index is -0.580. The normalized spacial score (nSPS) is 36.5. The third kappa shape index (κ3) is 1.96. The molecule has 0 amide bonds. The van der Waals surface area contributed by atoms with Crippen molar-refractivity contribution in [1.82, 2.24) is 0 Å². The molecular weight excluding hydrogens is 160 g/mol. The Kier molecular flexibility index (Phi) is 3.18. The molecule has 0 aromatic carbocycles. The fourth-order valence-corrected chi connectivity index (χ4v) is 2.48. The zero-order valence-corrected chi connectivity index (χ0v) is 9.09. The first kappa shape index (κ1) is 10.8. The Morgan fingerprint density at radius 2 is 2.08 bits per heavy atom. The second-order valence-electron chi connectivity index (χ2n) is 4.80. The van der Waals surface area contributed by atoms with Crippen LogP contribution in [0.5, 0.6) is 0 Å². The molecule has 1 fully saturated rings. The van der Waals surface area contributed by atoms with Gasteiger partial charge in [-0.25, -0.2) is 0 Å². The van der Waals surface area contributed by atoms with Crippen molar-refractivity contribution in [3.8, 4) is 0 Å². The van der Waals surface area contributed by atoms with Crippen molar-refractivity contribution >= 4 is 0 Å². The molecular formula is C12H22O. The van der Waals surface area contributed by atoms with E-state index in [4.69, 9.17) is 0 Å². The number of aliphatic hydroxyl groups is 1. The van der Waals surface area contributed by atoms with Gasteiger partial charge in [0.2, 0.25) is 0 Å². The number of hydrogen-bond donors (Lipinski definition) is 1. The molecule has 1 aliphatic carbocycles. The minimum Gasteiger partial charge on any atom is -0.386 e. The molecule has 0 bridgehead atoms. The summed E-state index contributed by atoms with van der Waals surface area (Å²) in [6, 6.07) is 0. The average Bonchev–Trinajstić information content (AvgIpc) is 2.47. The largest absolute Gasteiger partial charge is 0.386 e. The van der Waals surface area contributed by atoms with Gasteiger partial charge in [-0.1, -0.05) is 26.8 Å². The molecule has 1 aliphatic rings. The van der Waals surface area contributed by atoms with Crippen LogP contribution in [-0.4, -0.2) is 10.7 Å². The SMILES string of the molecule is C=CC1(O)CCCC1C(C)C(C)C. The standard InChI is InChI=1S/C12H22O/c1-5-12(13)8-6-7-11(12)10(4)9(2)3/h5,9-11,13H,1,6-8H2,2-4H3. The van der Waals surface area contributed by atoms with Crippen molar-refractivity contribution in [3.05, 3.63) is 12.7 Å². The summed E-state index contributed by atoms with van der Waals surface area (Å²) >= 11 is 0. The molecule has 13 heavy (non-hydrogen) atoms. The first-order valence-corrected chi connectivity index (χ1v) is 5.37. The van der Waals surface area contributed by atoms with Gasteiger partial charge in [0.05, 0.1) is 5.60 Å². The second kappa shape index (κ2) is 3.83. The Bertz CT molecular complexity index is 186. The lowest BCUT2D eigenvalue weighted by molar-refractivity contribution is 0.0174. The molecule has 0 saturated heterocycles. The molecule has 0 spiro atoms. The predicted molar refractivity (Wildman–Crippen MR) is 56.5 cm³/mol. The maximum Gasteiger partial charge on any atom is 0.0855 e. The Balaban J connectivity index is 2.73. The third-order valence-electron chi connectivity index (χ3n) is 3.77. The van der Waals surface area contributed by atoms with E-state index in [2.05, 4.69) is 27.4 Å². The molecule has 1 heteroatoms. The van der Waals surface area contributed by atoms with Gasteiger partial charge in [-0.15, -0.1) is 6.58 Å². The van der Waals surface area contributed by atoms with Gasteiger partial charge in [0.25, 0.3) is 0 Å². The fraction of sp³-hybridized carbons (Fsp3) is 0.833. The molecule has 3 atom stereocenters. The van der Waals surface area contributed by atoms with E-state index in [1.165, 1.54) is 0 Å². The summed E-state index contributed by atoms with van der Waals surface area (Å²) in [6.07, 6.45) is 4.95. The second-order valence-corrected chi connectivity index (χ2v) is 4.80. The van der Waals surface area contributed by atoms with Gasteiger partial charge in [-0.2, -0.15) is 0 Å². The third-order valence-corrected chi connectivity index (χ3v) is 3.77. The summed E-state index contributed by atoms with van der Waals surface area (Å²) in [5.74, 6) is 1.66. The molecule has 0 heterocycles. The summed E-state index contributed by atoms with van der Waals surface area (Å²) < 4.78 is 0. The van der Waals surface area contributed by atoms with Crippen molar-refractivity contribution in [2.45, 2.75) is 45.6 Å². The zero-order valence-electron chi connectivity index (χ0n) is 9.09. The van der Waals surface area contributed by atoms with Crippen LogP contribution in [0.15, 0.2) is 12.7 Å². The van der Waals surface area contributed by atoms with Gasteiger partial charge in [-0.05, 0) is 37.0 Å². The van der Waals surface area contributed by atoms with Crippen LogP contribution in [0.2, 0.25) is 0 Å². The summed E-state index contributed by atoms with van der Waals surface area (Å²) in [6.45, 7) is 10.5. The molecule has 1 N–H and O–H groups in total. The van der Waals surface area contributed by atoms with E-state index in [9.17, 15) is 5.11 Å². The number of hydrogen-bond acceptors (Lipinski definition) is 1. The van der Waals surface area contributed by atoms with Crippen LogP contribution >= 0.6 is 0 Å². The van der Waals surface area contributed by atoms with Crippen LogP contribution < -0.4 is 0 Å². The Labute approximate surface area is 81.9 Å². The first-order valence-electron chi connectivity index (χ1n) is 5.37. The van der Waals surface area contributed by atoms with E-state index in [0.717, 1.165) is 19.3 Å². The average molecular weight is 182 g/mol. The van der Waals surface area contributed by atoms with E-state index in [1.807, 2.05) is 0 Å². The van der Waals surface area contributed by atoms with Crippen LogP contribution in [0.3, 0.4) is 0 Å². The molecule has 1 nitrogen and oxygen atoms in total. The Morgan fingerprint density at radius 1 is 1.46 bits per heavy atom. The lowest BCUT2D eigenvalue weighted by atomic mass is 9.76. The van der Waals surface area contributed by atoms with E-state index in [0.29, 0.717) is 17.8 Å². The smallest absolute Gasteiger partial charge is 0.0855 e. The lowest BCUT2D eigenvalue weighted by Gasteiger charge is -2.33. The first-order chi connectivity index (χ1) is 6.01. The molecule has 0 aromatic rings. The van der Waals surface area contributed by atoms with Gasteiger partial charge in [0.15, 0.2) is 0 Å². The van der Waals surface area contributed by atoms with Crippen LogP contribution in [0.1, 0.15) is 40.0 Å². The molecule has 0 aromatic heterocycles. The molecule has 0 aliphatic heterocycles. The predicted octanol–water partition coefficient (Wildman–Crippen LogP) is 3.00. The molecule has 0 radical (unpaired) electrons. The monoisotopic (exact) mass is 182 g/mol. The van der Waals surface area contributed by atoms with Gasteiger partial charge < -0.3 is 5.11 Å². The van der Waals surface area contributed by atoms with Gasteiger partial charge in [0.1, 0.15) is 0 Å². The fourth-order valence-electron chi connectivity index (χ4n) is 2.48. The maximum absolute atomic E-state index is 10.3. The molecule has 1 rings (SSSR count). The molecule has 1 saturated carbocycles. The van der Waals surface area contributed by atoms with Crippen molar-refractivity contribution in [1.29, 1.82) is 0 Å². The summed E-state index contributed by atoms with van der Waals surface area (Å²) in [5.41, 5.74) is -0.580. The van der Waals surface area contributed by atoms with E-state index < -0.39 is 5.60 Å². The zero-order chi connectivity index (χ0) is 10.1. The highest BCUT2D eigenvalue weighted by atomic mass is 16.3. The lowest BCUT2D eigenvalue weighted by Crippen LogP contribution is -2.36. The topological polar surface area (TPSA) is 20.2 Å². The van der Waals surface area contributed by atoms with Crippen LogP contribution in [0.25, 0.3) is 0 Å². The van der Waals surface area contributed by atoms with Crippen molar-refractivity contribution in [2.75, 3.05) is 0 Å². The summed E-state index contributed by atoms with van der Waals surface area (Å²) in [5, 5.41) is 10.3. The highest BCUT2D eigenvalue weighted by Gasteiger charge is 2.41. The van der Waals surface area contributed by atoms with Crippen LogP contribution in [0, 0.1) is 17.8 Å². The summed E-state index contributed by atoms with van der Waals surface area (Å²) in [7, 11) is 0. The van der Waals surface area contributed by atoms with Gasteiger partial charge in [0, 0.05) is 0 Å². The quantitative estimate of drug-likeness (QED) is 0.665. The molecule has 3 unspecified atom stereocenters. The van der Waals surface area contributed by atoms with Crippen molar-refractivity contribution in [3.63, 3.8) is 0 Å². The van der Waals surface area contributed by atoms with Gasteiger partial charge >= 0.3 is 0 Å². The van der Waals surface area contributed by atoms with E-state index >= 15 is 0 Å². The van der Waals surface area contributed by atoms with Crippen LogP contribution in [0.4, 0.5) is 0 Å². The Morgan fingerprint density at radius 3 is 2.54 bits per heavy atom. The van der Waals surface area contributed by atoms with Gasteiger partial charge in [-0.3, -0.25) is 0 Å². The van der Waals surface area contributed by atoms with Crippen molar-refractivity contribution in [2.24, 2.45) is 17.8 Å². The van der Waals surface area contributed by atoms with Crippen LogP contribution in [-0.2, 0) is 0 Å². The van der Waals surface area contributed by atoms with E-state index in [-0.39, 0.29) is 0 Å². The van der Waals surface area contributed by atoms with Crippen molar-refractivity contribution < 1.29 is 5.11 Å². The number of rotatable bonds is 3. The maximum atomic E-state index is 10.3. The highest BCUT2D eigenvalue weighted by molar-refractivity contribution is 5.05. The molecule has 76 valence electrons. The van der Waals surface area contributed by atoms with E-state index in [1.54, 1.807) is 6.08 Å². The highest BCUT2D eigenvalue weighted by Crippen LogP contribution is 2.43. The Hall–Kier alpha value is -0.300.